The number of carbonyl (C=O) groups is 1. The van der Waals surface area contributed by atoms with Crippen LogP contribution in [0.3, 0.4) is 0 Å². The molecule has 1 aromatic carbocycles. The number of nitrogens with zero attached hydrogens (tertiary/aromatic N) is 2. The van der Waals surface area contributed by atoms with Gasteiger partial charge in [-0.05, 0) is 37.9 Å². The van der Waals surface area contributed by atoms with E-state index in [2.05, 4.69) is 5.32 Å². The molecule has 6 heteroatoms. The summed E-state index contributed by atoms with van der Waals surface area (Å²) in [6.45, 7) is 0.457. The van der Waals surface area contributed by atoms with E-state index in [-0.39, 0.29) is 24.1 Å². The van der Waals surface area contributed by atoms with Gasteiger partial charge in [0, 0.05) is 18.8 Å². The highest BCUT2D eigenvalue weighted by atomic mass is 16.5. The summed E-state index contributed by atoms with van der Waals surface area (Å²) >= 11 is 0. The van der Waals surface area contributed by atoms with Gasteiger partial charge in [-0.1, -0.05) is 18.2 Å². The molecule has 1 atom stereocenters. The van der Waals surface area contributed by atoms with E-state index in [0.717, 1.165) is 11.3 Å². The van der Waals surface area contributed by atoms with Crippen LogP contribution in [0.1, 0.15) is 11.6 Å². The Morgan fingerprint density at radius 2 is 2.04 bits per heavy atom. The Morgan fingerprint density at radius 1 is 1.25 bits per heavy atom. The van der Waals surface area contributed by atoms with Crippen molar-refractivity contribution in [3.8, 4) is 5.75 Å². The van der Waals surface area contributed by atoms with Gasteiger partial charge in [0.05, 0.1) is 13.2 Å². The molecular weight excluding hydrogens is 306 g/mol. The molecule has 1 aromatic heterocycles. The summed E-state index contributed by atoms with van der Waals surface area (Å²) in [7, 11) is 5.54. The summed E-state index contributed by atoms with van der Waals surface area (Å²) in [5, 5.41) is 2.89. The van der Waals surface area contributed by atoms with Gasteiger partial charge in [-0.2, -0.15) is 0 Å². The van der Waals surface area contributed by atoms with Gasteiger partial charge < -0.3 is 19.5 Å². The van der Waals surface area contributed by atoms with E-state index in [1.165, 1.54) is 10.6 Å². The number of aromatic nitrogens is 1. The van der Waals surface area contributed by atoms with E-state index in [9.17, 15) is 9.59 Å². The average Bonchev–Trinajstić information content (AvgIpc) is 2.57. The number of hydrogen-bond donors (Lipinski definition) is 1. The largest absolute Gasteiger partial charge is 0.497 e. The molecule has 0 aliphatic heterocycles. The van der Waals surface area contributed by atoms with Gasteiger partial charge in [-0.15, -0.1) is 0 Å². The molecule has 1 amide bonds. The molecule has 2 rings (SSSR count). The molecule has 0 spiro atoms. The monoisotopic (exact) mass is 329 g/mol. The highest BCUT2D eigenvalue weighted by Crippen LogP contribution is 2.21. The molecule has 6 nitrogen and oxygen atoms in total. The lowest BCUT2D eigenvalue weighted by Crippen LogP contribution is -2.37. The number of hydrogen-bond acceptors (Lipinski definition) is 4. The van der Waals surface area contributed by atoms with Crippen LogP contribution < -0.4 is 15.6 Å². The van der Waals surface area contributed by atoms with Gasteiger partial charge in [-0.25, -0.2) is 0 Å². The van der Waals surface area contributed by atoms with Gasteiger partial charge in [0.25, 0.3) is 5.56 Å². The lowest BCUT2D eigenvalue weighted by molar-refractivity contribution is -0.121. The molecule has 0 aliphatic carbocycles. The maximum atomic E-state index is 12.1. The zero-order valence-electron chi connectivity index (χ0n) is 14.2. The van der Waals surface area contributed by atoms with Crippen molar-refractivity contribution < 1.29 is 9.53 Å². The van der Waals surface area contributed by atoms with Crippen LogP contribution in [-0.2, 0) is 11.3 Å². The Morgan fingerprint density at radius 3 is 2.71 bits per heavy atom. The van der Waals surface area contributed by atoms with Crippen molar-refractivity contribution in [2.75, 3.05) is 27.7 Å². The first-order chi connectivity index (χ1) is 11.5. The van der Waals surface area contributed by atoms with Crippen LogP contribution in [-0.4, -0.2) is 43.1 Å². The molecule has 24 heavy (non-hydrogen) atoms. The van der Waals surface area contributed by atoms with Gasteiger partial charge in [-0.3, -0.25) is 9.59 Å². The number of amides is 1. The summed E-state index contributed by atoms with van der Waals surface area (Å²) in [4.78, 5) is 25.8. The molecule has 0 radical (unpaired) electrons. The number of nitrogens with one attached hydrogen (secondary N) is 1. The molecule has 0 saturated heterocycles. The van der Waals surface area contributed by atoms with Crippen molar-refractivity contribution in [2.45, 2.75) is 12.6 Å². The fourth-order valence-corrected chi connectivity index (χ4v) is 2.46. The zero-order valence-corrected chi connectivity index (χ0v) is 14.2. The molecule has 2 aromatic rings. The summed E-state index contributed by atoms with van der Waals surface area (Å²) in [6.07, 6.45) is 1.60. The van der Waals surface area contributed by atoms with Gasteiger partial charge in [0.1, 0.15) is 12.3 Å². The molecule has 0 bridgehead atoms. The fraction of sp³-hybridized carbons (Fsp3) is 0.333. The highest BCUT2D eigenvalue weighted by molar-refractivity contribution is 5.75. The SMILES string of the molecule is COc1cccc(C(CNC(=O)Cn2ccccc2=O)N(C)C)c1. The Hall–Kier alpha value is -2.60. The minimum absolute atomic E-state index is 0.0107. The molecule has 1 N–H and O–H groups in total. The normalized spacial score (nSPS) is 12.0. The number of rotatable bonds is 7. The van der Waals surface area contributed by atoms with Crippen molar-refractivity contribution in [3.05, 3.63) is 64.6 Å². The quantitative estimate of drug-likeness (QED) is 0.831. The van der Waals surface area contributed by atoms with Crippen molar-refractivity contribution in [1.82, 2.24) is 14.8 Å². The highest BCUT2D eigenvalue weighted by Gasteiger charge is 2.16. The van der Waals surface area contributed by atoms with E-state index in [4.69, 9.17) is 4.74 Å². The van der Waals surface area contributed by atoms with E-state index in [1.807, 2.05) is 43.3 Å². The number of ether oxygens (including phenoxy) is 1. The van der Waals surface area contributed by atoms with E-state index in [0.29, 0.717) is 6.54 Å². The first-order valence-corrected chi connectivity index (χ1v) is 7.74. The molecule has 0 saturated carbocycles. The molecule has 0 fully saturated rings. The Kier molecular flexibility index (Phi) is 6.14. The van der Waals surface area contributed by atoms with Crippen LogP contribution in [0.2, 0.25) is 0 Å². The number of methoxy groups -OCH3 is 1. The van der Waals surface area contributed by atoms with Crippen LogP contribution in [0, 0.1) is 0 Å². The maximum absolute atomic E-state index is 12.1. The van der Waals surface area contributed by atoms with Crippen LogP contribution in [0.25, 0.3) is 0 Å². The number of pyridine rings is 1. The second-order valence-corrected chi connectivity index (χ2v) is 5.73. The van der Waals surface area contributed by atoms with Crippen LogP contribution >= 0.6 is 0 Å². The molecular formula is C18H23N3O3. The second-order valence-electron chi connectivity index (χ2n) is 5.73. The topological polar surface area (TPSA) is 63.6 Å². The molecule has 128 valence electrons. The van der Waals surface area contributed by atoms with Gasteiger partial charge >= 0.3 is 0 Å². The first kappa shape index (κ1) is 17.7. The van der Waals surface area contributed by atoms with Gasteiger partial charge in [0.2, 0.25) is 5.91 Å². The maximum Gasteiger partial charge on any atom is 0.250 e. The predicted octanol–water partition coefficient (Wildman–Crippen LogP) is 1.28. The number of carbonyl (C=O) groups excluding carboxylic acids is 1. The lowest BCUT2D eigenvalue weighted by atomic mass is 10.1. The zero-order chi connectivity index (χ0) is 17.5. The summed E-state index contributed by atoms with van der Waals surface area (Å²) < 4.78 is 6.64. The molecule has 1 heterocycles. The summed E-state index contributed by atoms with van der Waals surface area (Å²) in [6, 6.07) is 12.6. The molecule has 0 aliphatic rings. The minimum Gasteiger partial charge on any atom is -0.497 e. The number of likely N-dealkylation sites (N-methyl/N-ethyl adjacent to an activating group) is 1. The standard InChI is InChI=1S/C18H23N3O3/c1-20(2)16(14-7-6-8-15(11-14)24-3)12-19-17(22)13-21-10-5-4-9-18(21)23/h4-11,16H,12-13H2,1-3H3,(H,19,22). The van der Waals surface area contributed by atoms with Crippen molar-refractivity contribution in [1.29, 1.82) is 0 Å². The predicted molar refractivity (Wildman–Crippen MR) is 93.1 cm³/mol. The first-order valence-electron chi connectivity index (χ1n) is 7.74. The van der Waals surface area contributed by atoms with E-state index in [1.54, 1.807) is 25.4 Å². The smallest absolute Gasteiger partial charge is 0.250 e. The van der Waals surface area contributed by atoms with Crippen LogP contribution in [0.5, 0.6) is 5.75 Å². The minimum atomic E-state index is -0.196. The van der Waals surface area contributed by atoms with E-state index < -0.39 is 0 Å². The Balaban J connectivity index is 2.02. The third kappa shape index (κ3) is 4.70. The van der Waals surface area contributed by atoms with Gasteiger partial charge in [0.15, 0.2) is 0 Å². The van der Waals surface area contributed by atoms with Crippen LogP contribution in [0.4, 0.5) is 0 Å². The van der Waals surface area contributed by atoms with Crippen LogP contribution in [0.15, 0.2) is 53.5 Å². The third-order valence-corrected chi connectivity index (χ3v) is 3.81. The van der Waals surface area contributed by atoms with Crippen molar-refractivity contribution in [2.24, 2.45) is 0 Å². The summed E-state index contributed by atoms with van der Waals surface area (Å²) in [5.74, 6) is 0.583. The fourth-order valence-electron chi connectivity index (χ4n) is 2.46. The number of benzene rings is 1. The van der Waals surface area contributed by atoms with Crippen molar-refractivity contribution in [3.63, 3.8) is 0 Å². The molecule has 1 unspecified atom stereocenters. The Labute approximate surface area is 141 Å². The second kappa shape index (κ2) is 8.31. The third-order valence-electron chi connectivity index (χ3n) is 3.81. The summed E-state index contributed by atoms with van der Waals surface area (Å²) in [5.41, 5.74) is 0.862. The Bertz CT molecular complexity index is 740. The van der Waals surface area contributed by atoms with E-state index >= 15 is 0 Å². The lowest BCUT2D eigenvalue weighted by Gasteiger charge is -2.25. The van der Waals surface area contributed by atoms with Crippen molar-refractivity contribution >= 4 is 5.91 Å². The average molecular weight is 329 g/mol.